The smallest absolute Gasteiger partial charge is 0.407 e. The Balaban J connectivity index is 2.00. The molecule has 1 amide bonds. The maximum Gasteiger partial charge on any atom is 0.407 e. The lowest BCUT2D eigenvalue weighted by atomic mass is 10.1. The van der Waals surface area contributed by atoms with Crippen molar-refractivity contribution in [2.45, 2.75) is 89.9 Å². The number of hydrogen-bond donors (Lipinski definition) is 1. The summed E-state index contributed by atoms with van der Waals surface area (Å²) in [6.07, 6.45) is 5.08. The van der Waals surface area contributed by atoms with Gasteiger partial charge in [-0.2, -0.15) is 0 Å². The molecule has 0 aliphatic heterocycles. The van der Waals surface area contributed by atoms with E-state index in [2.05, 4.69) is 31.0 Å². The summed E-state index contributed by atoms with van der Waals surface area (Å²) in [5.41, 5.74) is 1.05. The second-order valence-corrected chi connectivity index (χ2v) is 13.7. The normalized spacial score (nSPS) is 11.8. The van der Waals surface area contributed by atoms with Crippen molar-refractivity contribution in [3.05, 3.63) is 29.8 Å². The minimum Gasteiger partial charge on any atom is -0.450 e. The highest BCUT2D eigenvalue weighted by Gasteiger charge is 2.07. The first-order chi connectivity index (χ1) is 21.3. The van der Waals surface area contributed by atoms with Gasteiger partial charge in [-0.25, -0.2) is 4.79 Å². The highest BCUT2D eigenvalue weighted by Crippen LogP contribution is 2.35. The number of benzene rings is 1. The molecule has 0 saturated heterocycles. The molecule has 1 aromatic rings. The van der Waals surface area contributed by atoms with Crippen LogP contribution in [0.1, 0.15) is 78.7 Å². The Bertz CT molecular complexity index is 932. The second-order valence-electron chi connectivity index (χ2n) is 11.1. The fourth-order valence-corrected chi connectivity index (χ4v) is 5.56. The molecule has 1 aromatic carbocycles. The number of unbranched alkanes of at least 4 members (excludes halogenated alkanes) is 1. The number of ether oxygens (including phenoxy) is 5. The van der Waals surface area contributed by atoms with E-state index in [1.54, 1.807) is 21.6 Å². The van der Waals surface area contributed by atoms with E-state index < -0.39 is 6.09 Å². The van der Waals surface area contributed by atoms with E-state index >= 15 is 0 Å². The molecule has 0 aromatic heterocycles. The molecule has 250 valence electrons. The lowest BCUT2D eigenvalue weighted by Gasteiger charge is -2.12. The molecule has 1 N–H and O–H groups in total. The van der Waals surface area contributed by atoms with Crippen molar-refractivity contribution in [1.82, 2.24) is 5.32 Å². The van der Waals surface area contributed by atoms with Crippen molar-refractivity contribution in [1.29, 1.82) is 0 Å². The first-order valence-corrected chi connectivity index (χ1v) is 18.1. The number of ketones is 1. The number of Topliss-reactive ketones (excluding diaryl/α,β-unsaturated/α-hetero) is 1. The van der Waals surface area contributed by atoms with Crippen molar-refractivity contribution in [2.24, 2.45) is 11.8 Å². The zero-order valence-corrected chi connectivity index (χ0v) is 29.2. The van der Waals surface area contributed by atoms with Crippen LogP contribution in [0, 0.1) is 23.7 Å². The molecule has 0 radical (unpaired) electrons. The van der Waals surface area contributed by atoms with Gasteiger partial charge < -0.3 is 29.0 Å². The van der Waals surface area contributed by atoms with Gasteiger partial charge >= 0.3 is 6.09 Å². The zero-order valence-electron chi connectivity index (χ0n) is 27.5. The molecule has 10 heteroatoms. The average molecular weight is 654 g/mol. The number of carbonyl (C=O) groups excluding carboxylic acids is 2. The van der Waals surface area contributed by atoms with Gasteiger partial charge in [-0.1, -0.05) is 73.3 Å². The number of rotatable bonds is 26. The molecule has 0 aliphatic rings. The van der Waals surface area contributed by atoms with Crippen LogP contribution in [0.25, 0.3) is 0 Å². The van der Waals surface area contributed by atoms with Gasteiger partial charge in [0.2, 0.25) is 0 Å². The quantitative estimate of drug-likeness (QED) is 0.0477. The third kappa shape index (κ3) is 25.6. The van der Waals surface area contributed by atoms with E-state index in [4.69, 9.17) is 23.7 Å². The van der Waals surface area contributed by atoms with E-state index in [1.165, 1.54) is 6.42 Å². The molecule has 0 bridgehead atoms. The molecule has 0 spiro atoms. The standard InChI is InChI=1S/C34H55NO7S2/c1-28(2)11-8-18-35-34(37)42-22-7-6-21-41-30(5)43-44-33-16-14-31(15-17-33)27-32(36)13-10-20-39-24-26-40-25-23-38-19-9-12-29(3)4/h14-17,28-30H,6-7,9-10,12-13,18-27H2,1-5H3,(H,35,37)/t30-/m0/s1. The van der Waals surface area contributed by atoms with Gasteiger partial charge in [-0.15, -0.1) is 0 Å². The molecule has 8 nitrogen and oxygen atoms in total. The van der Waals surface area contributed by atoms with Crippen molar-refractivity contribution < 1.29 is 33.3 Å². The van der Waals surface area contributed by atoms with Crippen LogP contribution in [0.3, 0.4) is 0 Å². The van der Waals surface area contributed by atoms with E-state index in [9.17, 15) is 9.59 Å². The van der Waals surface area contributed by atoms with E-state index in [1.807, 2.05) is 45.0 Å². The molecule has 0 fully saturated rings. The Morgan fingerprint density at radius 1 is 0.795 bits per heavy atom. The summed E-state index contributed by atoms with van der Waals surface area (Å²) in [5.74, 6) is 7.10. The first kappa shape index (κ1) is 40.3. The summed E-state index contributed by atoms with van der Waals surface area (Å²) < 4.78 is 27.6. The molecule has 1 atom stereocenters. The molecule has 0 aliphatic carbocycles. The van der Waals surface area contributed by atoms with Gasteiger partial charge in [0.1, 0.15) is 11.2 Å². The predicted molar refractivity (Wildman–Crippen MR) is 181 cm³/mol. The largest absolute Gasteiger partial charge is 0.450 e. The van der Waals surface area contributed by atoms with Crippen LogP contribution in [0.2, 0.25) is 0 Å². The highest BCUT2D eigenvalue weighted by atomic mass is 33.1. The number of hydrogen-bond acceptors (Lipinski definition) is 9. The lowest BCUT2D eigenvalue weighted by molar-refractivity contribution is -0.118. The Kier molecular flexibility index (Phi) is 25.2. The summed E-state index contributed by atoms with van der Waals surface area (Å²) in [6, 6.07) is 8.12. The summed E-state index contributed by atoms with van der Waals surface area (Å²) in [5, 5.41) is 2.62. The van der Waals surface area contributed by atoms with Gasteiger partial charge in [0.15, 0.2) is 0 Å². The molecular weight excluding hydrogens is 599 g/mol. The minimum absolute atomic E-state index is 0.0252. The molecule has 1 rings (SSSR count). The Morgan fingerprint density at radius 2 is 1.43 bits per heavy atom. The number of alkyl carbamates (subject to hydrolysis) is 1. The van der Waals surface area contributed by atoms with Crippen molar-refractivity contribution in [2.75, 3.05) is 59.4 Å². The fourth-order valence-electron chi connectivity index (χ4n) is 3.68. The van der Waals surface area contributed by atoms with E-state index in [0.717, 1.165) is 48.7 Å². The van der Waals surface area contributed by atoms with Crippen molar-refractivity contribution in [3.8, 4) is 11.8 Å². The van der Waals surface area contributed by atoms with Crippen LogP contribution in [-0.2, 0) is 34.9 Å². The topological polar surface area (TPSA) is 92.3 Å². The number of carbonyl (C=O) groups is 2. The lowest BCUT2D eigenvalue weighted by Crippen LogP contribution is -2.25. The Hall–Kier alpha value is -1.74. The number of amides is 1. The van der Waals surface area contributed by atoms with Crippen LogP contribution >= 0.6 is 21.6 Å². The molecule has 44 heavy (non-hydrogen) atoms. The summed E-state index contributed by atoms with van der Waals surface area (Å²) in [7, 11) is 3.30. The molecular formula is C34H55NO7S2. The highest BCUT2D eigenvalue weighted by molar-refractivity contribution is 8.76. The van der Waals surface area contributed by atoms with Crippen molar-refractivity contribution >= 4 is 33.5 Å². The zero-order chi connectivity index (χ0) is 32.3. The van der Waals surface area contributed by atoms with Gasteiger partial charge in [-0.05, 0) is 62.6 Å². The fraction of sp³-hybridized carbons (Fsp3) is 0.706. The van der Waals surface area contributed by atoms with Gasteiger partial charge in [0, 0.05) is 43.5 Å². The SMILES string of the molecule is CC(C)C#CCNC(=O)OCCCCO[C@H](C)SSc1ccc(CC(=O)CCCOCCOCCOCCCC(C)C)cc1. The van der Waals surface area contributed by atoms with Crippen molar-refractivity contribution in [3.63, 3.8) is 0 Å². The number of nitrogens with one attached hydrogen (secondary N) is 1. The molecule has 0 unspecified atom stereocenters. The van der Waals surface area contributed by atoms with Gasteiger partial charge in [0.25, 0.3) is 0 Å². The second kappa shape index (κ2) is 27.6. The maximum absolute atomic E-state index is 12.4. The summed E-state index contributed by atoms with van der Waals surface area (Å²) in [6.45, 7) is 15.4. The van der Waals surface area contributed by atoms with Crippen LogP contribution in [0.4, 0.5) is 4.79 Å². The Morgan fingerprint density at radius 3 is 2.09 bits per heavy atom. The monoisotopic (exact) mass is 653 g/mol. The summed E-state index contributed by atoms with van der Waals surface area (Å²) >= 11 is 0. The third-order valence-corrected chi connectivity index (χ3v) is 8.65. The van der Waals surface area contributed by atoms with Crippen LogP contribution in [0.15, 0.2) is 29.2 Å². The first-order valence-electron chi connectivity index (χ1n) is 15.9. The third-order valence-electron chi connectivity index (χ3n) is 6.00. The Labute approximate surface area is 274 Å². The van der Waals surface area contributed by atoms with Crippen LogP contribution < -0.4 is 5.32 Å². The van der Waals surface area contributed by atoms with Crippen LogP contribution in [-0.4, -0.2) is 76.7 Å². The predicted octanol–water partition coefficient (Wildman–Crippen LogP) is 7.33. The minimum atomic E-state index is -0.438. The molecule has 0 saturated carbocycles. The van der Waals surface area contributed by atoms with Crippen LogP contribution in [0.5, 0.6) is 0 Å². The average Bonchev–Trinajstić information content (AvgIpc) is 2.98. The maximum atomic E-state index is 12.4. The van der Waals surface area contributed by atoms with E-state index in [0.29, 0.717) is 65.6 Å². The van der Waals surface area contributed by atoms with Gasteiger partial charge in [0.05, 0.1) is 39.6 Å². The molecule has 0 heterocycles. The van der Waals surface area contributed by atoms with E-state index in [-0.39, 0.29) is 17.1 Å². The van der Waals surface area contributed by atoms with Gasteiger partial charge in [-0.3, -0.25) is 4.79 Å². The summed E-state index contributed by atoms with van der Waals surface area (Å²) in [4.78, 5) is 25.1.